The largest absolute Gasteiger partial charge is 0.497 e. The van der Waals surface area contributed by atoms with E-state index >= 15 is 0 Å². The molecule has 1 atom stereocenters. The third-order valence-corrected chi connectivity index (χ3v) is 6.31. The molecule has 0 radical (unpaired) electrons. The first-order valence-corrected chi connectivity index (χ1v) is 11.1. The third-order valence-electron chi connectivity index (χ3n) is 6.31. The van der Waals surface area contributed by atoms with E-state index in [2.05, 4.69) is 10.1 Å². The van der Waals surface area contributed by atoms with Gasteiger partial charge in [0, 0.05) is 23.7 Å². The van der Waals surface area contributed by atoms with Crippen molar-refractivity contribution in [3.8, 4) is 22.8 Å². The van der Waals surface area contributed by atoms with Gasteiger partial charge in [0.05, 0.1) is 42.6 Å². The number of benzene rings is 2. The van der Waals surface area contributed by atoms with E-state index in [1.165, 1.54) is 6.07 Å². The van der Waals surface area contributed by atoms with E-state index in [9.17, 15) is 9.18 Å². The first kappa shape index (κ1) is 21.9. The molecule has 5 rings (SSSR count). The maximum absolute atomic E-state index is 14.5. The Kier molecular flexibility index (Phi) is 5.65. The van der Waals surface area contributed by atoms with Crippen molar-refractivity contribution in [1.29, 1.82) is 0 Å². The normalized spacial score (nSPS) is 15.6. The molecule has 0 spiro atoms. The molecule has 34 heavy (non-hydrogen) atoms. The highest BCUT2D eigenvalue weighted by atomic mass is 19.1. The number of likely N-dealkylation sites (tertiary alicyclic amines) is 1. The van der Waals surface area contributed by atoms with Crippen molar-refractivity contribution in [3.05, 3.63) is 71.2 Å². The van der Waals surface area contributed by atoms with Crippen LogP contribution in [0.4, 0.5) is 4.39 Å². The molecular weight excluding hydrogens is 437 g/mol. The number of hydrogen-bond donors (Lipinski definition) is 0. The van der Waals surface area contributed by atoms with Crippen LogP contribution < -0.4 is 9.47 Å². The number of fused-ring (bicyclic) bond motifs is 1. The summed E-state index contributed by atoms with van der Waals surface area (Å²) in [6.07, 6.45) is 1.65. The number of carbonyl (C=O) groups excluding carboxylic acids is 1. The zero-order chi connectivity index (χ0) is 23.8. The number of hydrogen-bond acceptors (Lipinski definition) is 6. The van der Waals surface area contributed by atoms with E-state index in [0.717, 1.165) is 18.4 Å². The Hall–Kier alpha value is -3.94. The quantitative estimate of drug-likeness (QED) is 0.400. The molecule has 1 amide bonds. The molecule has 2 aromatic heterocycles. The topological polar surface area (TPSA) is 77.7 Å². The van der Waals surface area contributed by atoms with Crippen LogP contribution in [0.3, 0.4) is 0 Å². The predicted octanol–water partition coefficient (Wildman–Crippen LogP) is 5.33. The first-order chi connectivity index (χ1) is 16.5. The van der Waals surface area contributed by atoms with Crippen molar-refractivity contribution >= 4 is 17.0 Å². The van der Waals surface area contributed by atoms with E-state index in [0.29, 0.717) is 45.9 Å². The number of methoxy groups -OCH3 is 2. The smallest absolute Gasteiger partial charge is 0.259 e. The minimum absolute atomic E-state index is 0.173. The SMILES string of the molecule is COc1ccc(C2CCCN2C(=O)c2cc(-c3ccccc3F)nc3onc(C)c23)c(OC)c1. The van der Waals surface area contributed by atoms with Crippen molar-refractivity contribution in [2.75, 3.05) is 20.8 Å². The molecule has 0 aliphatic carbocycles. The van der Waals surface area contributed by atoms with Gasteiger partial charge in [-0.25, -0.2) is 9.37 Å². The summed E-state index contributed by atoms with van der Waals surface area (Å²) < 4.78 is 30.9. The van der Waals surface area contributed by atoms with E-state index in [1.807, 2.05) is 23.1 Å². The maximum atomic E-state index is 14.5. The Balaban J connectivity index is 1.60. The molecule has 0 saturated carbocycles. The molecule has 1 saturated heterocycles. The van der Waals surface area contributed by atoms with Crippen molar-refractivity contribution < 1.29 is 23.2 Å². The first-order valence-electron chi connectivity index (χ1n) is 11.1. The molecule has 7 nitrogen and oxygen atoms in total. The highest BCUT2D eigenvalue weighted by molar-refractivity contribution is 6.07. The van der Waals surface area contributed by atoms with Crippen LogP contribution in [-0.4, -0.2) is 41.7 Å². The Morgan fingerprint density at radius 1 is 1.15 bits per heavy atom. The summed E-state index contributed by atoms with van der Waals surface area (Å²) in [5.41, 5.74) is 2.69. The number of carbonyl (C=O) groups is 1. The van der Waals surface area contributed by atoms with E-state index < -0.39 is 5.82 Å². The zero-order valence-corrected chi connectivity index (χ0v) is 19.2. The van der Waals surface area contributed by atoms with Gasteiger partial charge in [0.25, 0.3) is 11.6 Å². The van der Waals surface area contributed by atoms with Gasteiger partial charge in [0.15, 0.2) is 0 Å². The minimum atomic E-state index is -0.425. The van der Waals surface area contributed by atoms with Crippen LogP contribution in [0.1, 0.15) is 40.5 Å². The lowest BCUT2D eigenvalue weighted by Gasteiger charge is -2.27. The molecule has 4 aromatic rings. The number of halogens is 1. The summed E-state index contributed by atoms with van der Waals surface area (Å²) in [5, 5.41) is 4.55. The summed E-state index contributed by atoms with van der Waals surface area (Å²) in [7, 11) is 3.20. The van der Waals surface area contributed by atoms with Gasteiger partial charge in [-0.1, -0.05) is 17.3 Å². The third kappa shape index (κ3) is 3.65. The molecule has 2 aromatic carbocycles. The fourth-order valence-corrected chi connectivity index (χ4v) is 4.65. The van der Waals surface area contributed by atoms with Gasteiger partial charge in [-0.2, -0.15) is 0 Å². The van der Waals surface area contributed by atoms with Crippen molar-refractivity contribution in [3.63, 3.8) is 0 Å². The molecule has 3 heterocycles. The van der Waals surface area contributed by atoms with Crippen molar-refractivity contribution in [2.45, 2.75) is 25.8 Å². The standard InChI is InChI=1S/C26H24FN3O4/c1-15-24-19(14-21(28-25(24)34-29-15)17-7-4-5-8-20(17)27)26(31)30-12-6-9-22(30)18-11-10-16(32-2)13-23(18)33-3/h4-5,7-8,10-11,13-14,22H,6,9,12H2,1-3H3. The average Bonchev–Trinajstić information content (AvgIpc) is 3.50. The second-order valence-electron chi connectivity index (χ2n) is 8.25. The molecule has 1 aliphatic rings. The zero-order valence-electron chi connectivity index (χ0n) is 19.2. The van der Waals surface area contributed by atoms with Crippen LogP contribution in [0.2, 0.25) is 0 Å². The summed E-state index contributed by atoms with van der Waals surface area (Å²) in [4.78, 5) is 20.2. The van der Waals surface area contributed by atoms with Gasteiger partial charge in [-0.3, -0.25) is 4.79 Å². The number of ether oxygens (including phenoxy) is 2. The van der Waals surface area contributed by atoms with Crippen molar-refractivity contribution in [1.82, 2.24) is 15.0 Å². The molecule has 0 N–H and O–H groups in total. The second kappa shape index (κ2) is 8.78. The van der Waals surface area contributed by atoms with Gasteiger partial charge in [-0.05, 0) is 50.1 Å². The Morgan fingerprint density at radius 2 is 1.97 bits per heavy atom. The van der Waals surface area contributed by atoms with Gasteiger partial charge in [0.1, 0.15) is 17.3 Å². The number of aromatic nitrogens is 2. The fraction of sp³-hybridized carbons (Fsp3) is 0.269. The van der Waals surface area contributed by atoms with E-state index in [-0.39, 0.29) is 17.7 Å². The second-order valence-corrected chi connectivity index (χ2v) is 8.25. The molecule has 174 valence electrons. The molecule has 0 bridgehead atoms. The number of nitrogens with zero attached hydrogens (tertiary/aromatic N) is 3. The van der Waals surface area contributed by atoms with Gasteiger partial charge in [-0.15, -0.1) is 0 Å². The summed E-state index contributed by atoms with van der Waals surface area (Å²) in [6.45, 7) is 2.35. The van der Waals surface area contributed by atoms with Crippen LogP contribution in [0, 0.1) is 12.7 Å². The van der Waals surface area contributed by atoms with Gasteiger partial charge < -0.3 is 18.9 Å². The Bertz CT molecular complexity index is 1380. The Labute approximate surface area is 196 Å². The molecular formula is C26H24FN3O4. The van der Waals surface area contributed by atoms with Gasteiger partial charge in [0.2, 0.25) is 0 Å². The maximum Gasteiger partial charge on any atom is 0.259 e. The number of rotatable bonds is 5. The lowest BCUT2D eigenvalue weighted by Crippen LogP contribution is -2.31. The number of aryl methyl sites for hydroxylation is 1. The van der Waals surface area contributed by atoms with Crippen LogP contribution in [-0.2, 0) is 0 Å². The Morgan fingerprint density at radius 3 is 2.74 bits per heavy atom. The molecule has 1 fully saturated rings. The molecule has 1 aliphatic heterocycles. The molecule has 1 unspecified atom stereocenters. The summed E-state index contributed by atoms with van der Waals surface area (Å²) >= 11 is 0. The van der Waals surface area contributed by atoms with Crippen LogP contribution >= 0.6 is 0 Å². The monoisotopic (exact) mass is 461 g/mol. The van der Waals surface area contributed by atoms with Crippen molar-refractivity contribution in [2.24, 2.45) is 0 Å². The highest BCUT2D eigenvalue weighted by Gasteiger charge is 2.34. The highest BCUT2D eigenvalue weighted by Crippen LogP contribution is 2.40. The van der Waals surface area contributed by atoms with Gasteiger partial charge >= 0.3 is 0 Å². The lowest BCUT2D eigenvalue weighted by atomic mass is 10.0. The van der Waals surface area contributed by atoms with Crippen LogP contribution in [0.15, 0.2) is 53.1 Å². The number of pyridine rings is 1. The molecule has 8 heteroatoms. The predicted molar refractivity (Wildman–Crippen MR) is 124 cm³/mol. The van der Waals surface area contributed by atoms with Crippen LogP contribution in [0.25, 0.3) is 22.4 Å². The lowest BCUT2D eigenvalue weighted by molar-refractivity contribution is 0.0736. The number of amides is 1. The minimum Gasteiger partial charge on any atom is -0.497 e. The summed E-state index contributed by atoms with van der Waals surface area (Å²) in [6, 6.07) is 13.4. The summed E-state index contributed by atoms with van der Waals surface area (Å²) in [5.74, 6) is 0.738. The van der Waals surface area contributed by atoms with E-state index in [4.69, 9.17) is 14.0 Å². The van der Waals surface area contributed by atoms with Crippen LogP contribution in [0.5, 0.6) is 11.5 Å². The fourth-order valence-electron chi connectivity index (χ4n) is 4.65. The average molecular weight is 461 g/mol. The van der Waals surface area contributed by atoms with E-state index in [1.54, 1.807) is 45.4 Å².